The summed E-state index contributed by atoms with van der Waals surface area (Å²) in [6.07, 6.45) is 9.05. The lowest BCUT2D eigenvalue weighted by molar-refractivity contribution is -0.130. The molecule has 0 spiro atoms. The summed E-state index contributed by atoms with van der Waals surface area (Å²) in [5, 5.41) is 0. The molecular weight excluding hydrogens is 366 g/mol. The Bertz CT molecular complexity index is 810. The zero-order chi connectivity index (χ0) is 20.6. The molecule has 3 rings (SSSR count). The molecule has 0 radical (unpaired) electrons. The normalized spacial score (nSPS) is 16.5. The van der Waals surface area contributed by atoms with Gasteiger partial charge in [-0.25, -0.2) is 9.97 Å². The van der Waals surface area contributed by atoms with Crippen molar-refractivity contribution in [1.29, 1.82) is 0 Å². The van der Waals surface area contributed by atoms with E-state index in [1.807, 2.05) is 30.1 Å². The maximum absolute atomic E-state index is 12.7. The number of rotatable bonds is 7. The molecule has 29 heavy (non-hydrogen) atoms. The maximum Gasteiger partial charge on any atom is 0.256 e. The summed E-state index contributed by atoms with van der Waals surface area (Å²) in [7, 11) is 1.85. The molecular formula is C22H29N5O2. The molecule has 7 heteroatoms. The molecule has 1 saturated heterocycles. The van der Waals surface area contributed by atoms with E-state index >= 15 is 0 Å². The van der Waals surface area contributed by atoms with Gasteiger partial charge in [0.05, 0.1) is 5.56 Å². The van der Waals surface area contributed by atoms with Crippen LogP contribution in [-0.4, -0.2) is 63.2 Å². The summed E-state index contributed by atoms with van der Waals surface area (Å²) in [6.45, 7) is 3.91. The van der Waals surface area contributed by atoms with Crippen LogP contribution in [0.2, 0.25) is 0 Å². The van der Waals surface area contributed by atoms with E-state index in [2.05, 4.69) is 15.0 Å². The van der Waals surface area contributed by atoms with Crippen molar-refractivity contribution in [2.75, 3.05) is 26.7 Å². The zero-order valence-corrected chi connectivity index (χ0v) is 17.3. The number of aryl methyl sites for hydroxylation is 1. The van der Waals surface area contributed by atoms with Gasteiger partial charge in [0.2, 0.25) is 5.91 Å². The first-order valence-corrected chi connectivity index (χ1v) is 10.2. The Hall–Kier alpha value is -2.83. The van der Waals surface area contributed by atoms with Crippen LogP contribution in [0.15, 0.2) is 36.8 Å². The highest BCUT2D eigenvalue weighted by Crippen LogP contribution is 2.22. The van der Waals surface area contributed by atoms with Crippen LogP contribution in [-0.2, 0) is 11.2 Å². The molecule has 0 unspecified atom stereocenters. The molecule has 7 nitrogen and oxygen atoms in total. The van der Waals surface area contributed by atoms with Crippen molar-refractivity contribution in [3.8, 4) is 0 Å². The second-order valence-corrected chi connectivity index (χ2v) is 7.70. The fraction of sp³-hybridized carbons (Fsp3) is 0.500. The van der Waals surface area contributed by atoms with Gasteiger partial charge >= 0.3 is 0 Å². The van der Waals surface area contributed by atoms with Gasteiger partial charge in [0.25, 0.3) is 5.91 Å². The molecule has 0 N–H and O–H groups in total. The van der Waals surface area contributed by atoms with Crippen LogP contribution in [0.3, 0.4) is 0 Å². The Morgan fingerprint density at radius 3 is 2.72 bits per heavy atom. The number of amides is 2. The van der Waals surface area contributed by atoms with Crippen molar-refractivity contribution >= 4 is 11.8 Å². The van der Waals surface area contributed by atoms with Crippen LogP contribution in [0.25, 0.3) is 0 Å². The number of likely N-dealkylation sites (tertiary alicyclic amines) is 1. The first kappa shape index (κ1) is 20.9. The molecule has 1 aliphatic heterocycles. The largest absolute Gasteiger partial charge is 0.345 e. The lowest BCUT2D eigenvalue weighted by Gasteiger charge is -2.33. The Morgan fingerprint density at radius 1 is 1.21 bits per heavy atom. The Balaban J connectivity index is 1.44. The van der Waals surface area contributed by atoms with E-state index in [9.17, 15) is 9.59 Å². The average Bonchev–Trinajstić information content (AvgIpc) is 2.76. The molecule has 3 heterocycles. The van der Waals surface area contributed by atoms with Crippen LogP contribution in [0.1, 0.15) is 47.6 Å². The van der Waals surface area contributed by atoms with Gasteiger partial charge in [0.15, 0.2) is 0 Å². The van der Waals surface area contributed by atoms with Crippen molar-refractivity contribution in [3.05, 3.63) is 53.9 Å². The predicted octanol–water partition coefficient (Wildman–Crippen LogP) is 2.51. The van der Waals surface area contributed by atoms with E-state index < -0.39 is 0 Å². The highest BCUT2D eigenvalue weighted by Gasteiger charge is 2.25. The van der Waals surface area contributed by atoms with E-state index in [0.717, 1.165) is 37.9 Å². The van der Waals surface area contributed by atoms with Crippen LogP contribution in [0.4, 0.5) is 0 Å². The number of nitrogens with zero attached hydrogens (tertiary/aromatic N) is 5. The summed E-state index contributed by atoms with van der Waals surface area (Å²) in [5.74, 6) is 1.14. The fourth-order valence-electron chi connectivity index (χ4n) is 3.64. The lowest BCUT2D eigenvalue weighted by Crippen LogP contribution is -2.40. The smallest absolute Gasteiger partial charge is 0.256 e. The second-order valence-electron chi connectivity index (χ2n) is 7.70. The first-order valence-electron chi connectivity index (χ1n) is 10.2. The van der Waals surface area contributed by atoms with Crippen LogP contribution >= 0.6 is 0 Å². The van der Waals surface area contributed by atoms with E-state index in [1.54, 1.807) is 30.4 Å². The number of hydrogen-bond acceptors (Lipinski definition) is 5. The second kappa shape index (κ2) is 10.1. The number of piperidine rings is 1. The molecule has 1 fully saturated rings. The van der Waals surface area contributed by atoms with Crippen molar-refractivity contribution in [2.24, 2.45) is 5.92 Å². The minimum absolute atomic E-state index is 0.0199. The van der Waals surface area contributed by atoms with Gasteiger partial charge in [-0.2, -0.15) is 0 Å². The highest BCUT2D eigenvalue weighted by atomic mass is 16.2. The molecule has 0 aliphatic carbocycles. The topological polar surface area (TPSA) is 79.3 Å². The van der Waals surface area contributed by atoms with E-state index in [-0.39, 0.29) is 11.8 Å². The lowest BCUT2D eigenvalue weighted by atomic mass is 9.93. The van der Waals surface area contributed by atoms with Gasteiger partial charge in [-0.3, -0.25) is 14.6 Å². The predicted molar refractivity (Wildman–Crippen MR) is 110 cm³/mol. The van der Waals surface area contributed by atoms with Gasteiger partial charge in [-0.05, 0) is 44.2 Å². The van der Waals surface area contributed by atoms with E-state index in [4.69, 9.17) is 0 Å². The SMILES string of the molecule is Cc1ncc(C(=O)N2CCC[C@@H](CCC(=O)N(C)CCc3ccccn3)C2)cn1. The molecule has 2 aromatic heterocycles. The van der Waals surface area contributed by atoms with Crippen molar-refractivity contribution in [3.63, 3.8) is 0 Å². The molecule has 2 aromatic rings. The summed E-state index contributed by atoms with van der Waals surface area (Å²) < 4.78 is 0. The standard InChI is InChI=1S/C22H29N5O2/c1-17-24-14-19(15-25-17)22(29)27-12-5-6-18(16-27)8-9-21(28)26(2)13-10-20-7-3-4-11-23-20/h3-4,7,11,14-15,18H,5-6,8-10,12-13,16H2,1-2H3/t18-/m0/s1. The number of pyridine rings is 1. The van der Waals surface area contributed by atoms with Gasteiger partial charge in [-0.1, -0.05) is 6.07 Å². The number of aromatic nitrogens is 3. The van der Waals surface area contributed by atoms with E-state index in [1.165, 1.54) is 0 Å². The molecule has 2 amide bonds. The summed E-state index contributed by atoms with van der Waals surface area (Å²) in [6, 6.07) is 5.83. The number of carbonyl (C=O) groups is 2. The Kier molecular flexibility index (Phi) is 7.27. The summed E-state index contributed by atoms with van der Waals surface area (Å²) in [4.78, 5) is 41.4. The third kappa shape index (κ3) is 6.07. The Labute approximate surface area is 172 Å². The summed E-state index contributed by atoms with van der Waals surface area (Å²) >= 11 is 0. The molecule has 154 valence electrons. The average molecular weight is 396 g/mol. The van der Waals surface area contributed by atoms with Gasteiger partial charge in [0.1, 0.15) is 5.82 Å². The van der Waals surface area contributed by atoms with Crippen molar-refractivity contribution in [2.45, 2.75) is 39.0 Å². The molecule has 1 atom stereocenters. The molecule has 1 aliphatic rings. The third-order valence-corrected chi connectivity index (χ3v) is 5.46. The first-order chi connectivity index (χ1) is 14.0. The number of likely N-dealkylation sites (N-methyl/N-ethyl adjacent to an activating group) is 1. The minimum atomic E-state index is -0.0199. The quantitative estimate of drug-likeness (QED) is 0.720. The Morgan fingerprint density at radius 2 is 2.00 bits per heavy atom. The molecule has 0 saturated carbocycles. The van der Waals surface area contributed by atoms with Gasteiger partial charge in [0, 0.05) is 63.8 Å². The third-order valence-electron chi connectivity index (χ3n) is 5.46. The number of carbonyl (C=O) groups excluding carboxylic acids is 2. The van der Waals surface area contributed by atoms with Gasteiger partial charge in [-0.15, -0.1) is 0 Å². The van der Waals surface area contributed by atoms with Crippen LogP contribution in [0.5, 0.6) is 0 Å². The monoisotopic (exact) mass is 395 g/mol. The maximum atomic E-state index is 12.7. The number of hydrogen-bond donors (Lipinski definition) is 0. The highest BCUT2D eigenvalue weighted by molar-refractivity contribution is 5.93. The molecule has 0 aromatic carbocycles. The van der Waals surface area contributed by atoms with Crippen molar-refractivity contribution in [1.82, 2.24) is 24.8 Å². The zero-order valence-electron chi connectivity index (χ0n) is 17.3. The summed E-state index contributed by atoms with van der Waals surface area (Å²) in [5.41, 5.74) is 1.52. The molecule has 0 bridgehead atoms. The van der Waals surface area contributed by atoms with Crippen LogP contribution < -0.4 is 0 Å². The van der Waals surface area contributed by atoms with Gasteiger partial charge < -0.3 is 9.80 Å². The fourth-order valence-corrected chi connectivity index (χ4v) is 3.64. The van der Waals surface area contributed by atoms with Crippen molar-refractivity contribution < 1.29 is 9.59 Å². The van der Waals surface area contributed by atoms with E-state index in [0.29, 0.717) is 36.8 Å². The minimum Gasteiger partial charge on any atom is -0.345 e. The van der Waals surface area contributed by atoms with Crippen LogP contribution in [0, 0.1) is 12.8 Å².